The third kappa shape index (κ3) is 2.28. The second-order valence-corrected chi connectivity index (χ2v) is 4.73. The highest BCUT2D eigenvalue weighted by Gasteiger charge is 2.30. The molecule has 1 aromatic rings. The molecule has 2 rings (SSSR count). The van der Waals surface area contributed by atoms with Crippen molar-refractivity contribution in [1.29, 1.82) is 0 Å². The lowest BCUT2D eigenvalue weighted by molar-refractivity contribution is 0.420. The molecule has 1 aliphatic rings. The van der Waals surface area contributed by atoms with Crippen LogP contribution in [0.15, 0.2) is 24.3 Å². The maximum absolute atomic E-state index is 8.25. The Morgan fingerprint density at radius 1 is 1.29 bits per heavy atom. The standard InChI is InChI=1S/C12H15ClN/c13-11-5-3-4-10(8-11)9-12(14)6-1-2-7-12/h3-5,8,14H,1-2,6-7,9H2. The van der Waals surface area contributed by atoms with Gasteiger partial charge in [0.05, 0.1) is 0 Å². The zero-order valence-electron chi connectivity index (χ0n) is 8.22. The van der Waals surface area contributed by atoms with Crippen LogP contribution in [0, 0.1) is 0 Å². The van der Waals surface area contributed by atoms with Gasteiger partial charge >= 0.3 is 0 Å². The van der Waals surface area contributed by atoms with Gasteiger partial charge < -0.3 is 0 Å². The summed E-state index contributed by atoms with van der Waals surface area (Å²) in [6.45, 7) is 0. The molecule has 14 heavy (non-hydrogen) atoms. The van der Waals surface area contributed by atoms with Gasteiger partial charge in [-0.05, 0) is 37.0 Å². The first-order valence-corrected chi connectivity index (χ1v) is 5.55. The van der Waals surface area contributed by atoms with Crippen molar-refractivity contribution < 1.29 is 0 Å². The number of benzene rings is 1. The van der Waals surface area contributed by atoms with Gasteiger partial charge in [-0.15, -0.1) is 0 Å². The summed E-state index contributed by atoms with van der Waals surface area (Å²) in [5, 5.41) is 0.782. The minimum atomic E-state index is -0.218. The fraction of sp³-hybridized carbons (Fsp3) is 0.500. The van der Waals surface area contributed by atoms with Gasteiger partial charge in [-0.2, -0.15) is 0 Å². The van der Waals surface area contributed by atoms with Gasteiger partial charge in [-0.3, -0.25) is 5.73 Å². The Hall–Kier alpha value is -0.530. The molecule has 0 bridgehead atoms. The van der Waals surface area contributed by atoms with Crippen LogP contribution >= 0.6 is 11.6 Å². The first-order valence-electron chi connectivity index (χ1n) is 5.17. The van der Waals surface area contributed by atoms with E-state index in [2.05, 4.69) is 6.07 Å². The van der Waals surface area contributed by atoms with E-state index in [4.69, 9.17) is 17.3 Å². The topological polar surface area (TPSA) is 23.8 Å². The highest BCUT2D eigenvalue weighted by Crippen LogP contribution is 2.32. The van der Waals surface area contributed by atoms with Crippen molar-refractivity contribution in [2.45, 2.75) is 37.6 Å². The smallest absolute Gasteiger partial charge is 0.0408 e. The van der Waals surface area contributed by atoms with E-state index >= 15 is 0 Å². The Bertz CT molecular complexity index is 316. The Balaban J connectivity index is 2.10. The average Bonchev–Trinajstić information content (AvgIpc) is 2.51. The van der Waals surface area contributed by atoms with E-state index in [-0.39, 0.29) is 5.54 Å². The van der Waals surface area contributed by atoms with Crippen molar-refractivity contribution in [3.8, 4) is 0 Å². The molecular weight excluding hydrogens is 194 g/mol. The number of hydrogen-bond donors (Lipinski definition) is 0. The minimum Gasteiger partial charge on any atom is -0.251 e. The van der Waals surface area contributed by atoms with Gasteiger partial charge in [-0.25, -0.2) is 0 Å². The fourth-order valence-electron chi connectivity index (χ4n) is 2.27. The van der Waals surface area contributed by atoms with Crippen LogP contribution in [-0.4, -0.2) is 5.54 Å². The van der Waals surface area contributed by atoms with Gasteiger partial charge in [0, 0.05) is 10.6 Å². The number of rotatable bonds is 2. The summed E-state index contributed by atoms with van der Waals surface area (Å²) in [6.07, 6.45) is 5.36. The van der Waals surface area contributed by atoms with Crippen LogP contribution in [0.4, 0.5) is 0 Å². The molecule has 2 heteroatoms. The number of hydrogen-bond acceptors (Lipinski definition) is 0. The highest BCUT2D eigenvalue weighted by atomic mass is 35.5. The Kier molecular flexibility index (Phi) is 2.80. The van der Waals surface area contributed by atoms with E-state index in [1.54, 1.807) is 0 Å². The summed E-state index contributed by atoms with van der Waals surface area (Å²) in [5.41, 5.74) is 9.23. The van der Waals surface area contributed by atoms with E-state index in [0.29, 0.717) is 0 Å². The summed E-state index contributed by atoms with van der Waals surface area (Å²) in [6, 6.07) is 7.91. The molecule has 0 saturated heterocycles. The molecule has 1 aliphatic carbocycles. The van der Waals surface area contributed by atoms with E-state index in [0.717, 1.165) is 24.3 Å². The molecule has 1 aromatic carbocycles. The molecule has 1 saturated carbocycles. The summed E-state index contributed by atoms with van der Waals surface area (Å²) in [7, 11) is 0. The van der Waals surface area contributed by atoms with Crippen LogP contribution in [-0.2, 0) is 6.42 Å². The van der Waals surface area contributed by atoms with Crippen molar-refractivity contribution in [3.63, 3.8) is 0 Å². The predicted molar refractivity (Wildman–Crippen MR) is 59.5 cm³/mol. The molecule has 0 amide bonds. The van der Waals surface area contributed by atoms with Crippen molar-refractivity contribution in [1.82, 2.24) is 5.73 Å². The molecule has 1 radical (unpaired) electrons. The molecule has 0 aliphatic heterocycles. The van der Waals surface area contributed by atoms with Crippen LogP contribution in [0.25, 0.3) is 0 Å². The maximum Gasteiger partial charge on any atom is 0.0408 e. The van der Waals surface area contributed by atoms with Gasteiger partial charge in [0.2, 0.25) is 0 Å². The third-order valence-electron chi connectivity index (χ3n) is 2.99. The Morgan fingerprint density at radius 2 is 2.00 bits per heavy atom. The van der Waals surface area contributed by atoms with Crippen molar-refractivity contribution >= 4 is 11.6 Å². The Morgan fingerprint density at radius 3 is 2.64 bits per heavy atom. The second kappa shape index (κ2) is 3.92. The lowest BCUT2D eigenvalue weighted by Gasteiger charge is -2.22. The lowest BCUT2D eigenvalue weighted by atomic mass is 9.90. The van der Waals surface area contributed by atoms with Crippen molar-refractivity contribution in [2.75, 3.05) is 0 Å². The SMILES string of the molecule is [NH]C1(Cc2cccc(Cl)c2)CCCC1. The van der Waals surface area contributed by atoms with Gasteiger partial charge in [-0.1, -0.05) is 36.6 Å². The lowest BCUT2D eigenvalue weighted by Crippen LogP contribution is -2.29. The normalized spacial score (nSPS) is 19.9. The minimum absolute atomic E-state index is 0.218. The maximum atomic E-state index is 8.25. The van der Waals surface area contributed by atoms with Crippen LogP contribution in [0.5, 0.6) is 0 Å². The first-order chi connectivity index (χ1) is 6.68. The van der Waals surface area contributed by atoms with Crippen LogP contribution in [0.3, 0.4) is 0 Å². The van der Waals surface area contributed by atoms with Gasteiger partial charge in [0.25, 0.3) is 0 Å². The number of nitrogens with one attached hydrogen (secondary N) is 1. The van der Waals surface area contributed by atoms with Gasteiger partial charge in [0.1, 0.15) is 0 Å². The van der Waals surface area contributed by atoms with Crippen LogP contribution in [0.2, 0.25) is 5.02 Å². The monoisotopic (exact) mass is 208 g/mol. The molecule has 0 aromatic heterocycles. The molecular formula is C12H15ClN. The largest absolute Gasteiger partial charge is 0.251 e. The molecule has 75 valence electrons. The Labute approximate surface area is 90.3 Å². The quantitative estimate of drug-likeness (QED) is 0.711. The summed E-state index contributed by atoms with van der Waals surface area (Å²) in [4.78, 5) is 0. The molecule has 1 fully saturated rings. The molecule has 1 nitrogen and oxygen atoms in total. The van der Waals surface area contributed by atoms with Gasteiger partial charge in [0.15, 0.2) is 0 Å². The summed E-state index contributed by atoms with van der Waals surface area (Å²) in [5.74, 6) is 0. The highest BCUT2D eigenvalue weighted by molar-refractivity contribution is 6.30. The molecule has 0 heterocycles. The second-order valence-electron chi connectivity index (χ2n) is 4.29. The zero-order chi connectivity index (χ0) is 10.0. The van der Waals surface area contributed by atoms with Crippen LogP contribution in [0.1, 0.15) is 31.2 Å². The van der Waals surface area contributed by atoms with E-state index in [9.17, 15) is 0 Å². The van der Waals surface area contributed by atoms with E-state index in [1.807, 2.05) is 18.2 Å². The first kappa shape index (κ1) is 10.0. The van der Waals surface area contributed by atoms with E-state index < -0.39 is 0 Å². The molecule has 1 N–H and O–H groups in total. The average molecular weight is 209 g/mol. The fourth-order valence-corrected chi connectivity index (χ4v) is 2.48. The predicted octanol–water partition coefficient (Wildman–Crippen LogP) is 3.48. The molecule has 0 unspecified atom stereocenters. The number of halogens is 1. The summed E-state index contributed by atoms with van der Waals surface area (Å²) < 4.78 is 0. The molecule has 0 spiro atoms. The third-order valence-corrected chi connectivity index (χ3v) is 3.23. The van der Waals surface area contributed by atoms with E-state index in [1.165, 1.54) is 18.4 Å². The zero-order valence-corrected chi connectivity index (χ0v) is 8.98. The van der Waals surface area contributed by atoms with Crippen molar-refractivity contribution in [2.24, 2.45) is 0 Å². The molecule has 0 atom stereocenters. The van der Waals surface area contributed by atoms with Crippen LogP contribution < -0.4 is 5.73 Å². The van der Waals surface area contributed by atoms with Crippen molar-refractivity contribution in [3.05, 3.63) is 34.9 Å². The summed E-state index contributed by atoms with van der Waals surface area (Å²) >= 11 is 5.91.